The van der Waals surface area contributed by atoms with Gasteiger partial charge in [-0.25, -0.2) is 4.68 Å². The van der Waals surface area contributed by atoms with Crippen molar-refractivity contribution in [1.82, 2.24) is 9.78 Å². The lowest BCUT2D eigenvalue weighted by Crippen LogP contribution is -2.21. The van der Waals surface area contributed by atoms with Crippen LogP contribution in [-0.4, -0.2) is 22.0 Å². The molecule has 1 heterocycles. The van der Waals surface area contributed by atoms with Gasteiger partial charge in [-0.1, -0.05) is 29.8 Å². The van der Waals surface area contributed by atoms with E-state index in [-0.39, 0.29) is 5.96 Å². The maximum Gasteiger partial charge on any atom is 0.211 e. The highest BCUT2D eigenvalue weighted by Gasteiger charge is 2.12. The predicted octanol–water partition coefficient (Wildman–Crippen LogP) is 1.44. The van der Waals surface area contributed by atoms with Crippen molar-refractivity contribution < 1.29 is 0 Å². The highest BCUT2D eigenvalue weighted by Crippen LogP contribution is 2.21. The summed E-state index contributed by atoms with van der Waals surface area (Å²) in [5, 5.41) is 12.1. The standard InChI is InChI=1S/C12H13ClN6/c1-8-10(7-16-17-12(14)15)11(13)19(18-8)9-5-3-2-4-6-9/h2-7H,1H3,(H4,14,15,17)/b16-7+. The first kappa shape index (κ1) is 13.1. The van der Waals surface area contributed by atoms with E-state index >= 15 is 0 Å². The van der Waals surface area contributed by atoms with Crippen LogP contribution in [0.15, 0.2) is 40.5 Å². The molecular formula is C12H13ClN6. The Balaban J connectivity index is 2.41. The summed E-state index contributed by atoms with van der Waals surface area (Å²) in [6.07, 6.45) is 1.48. The van der Waals surface area contributed by atoms with Crippen LogP contribution < -0.4 is 11.5 Å². The normalized spacial score (nSPS) is 10.8. The van der Waals surface area contributed by atoms with Gasteiger partial charge in [-0.2, -0.15) is 10.2 Å². The zero-order valence-corrected chi connectivity index (χ0v) is 11.0. The minimum Gasteiger partial charge on any atom is -0.369 e. The van der Waals surface area contributed by atoms with E-state index in [9.17, 15) is 0 Å². The summed E-state index contributed by atoms with van der Waals surface area (Å²) in [5.74, 6) is -0.111. The van der Waals surface area contributed by atoms with Gasteiger partial charge in [0.05, 0.1) is 23.2 Å². The lowest BCUT2D eigenvalue weighted by molar-refractivity contribution is 0.863. The summed E-state index contributed by atoms with van der Waals surface area (Å²) in [6, 6.07) is 9.57. The van der Waals surface area contributed by atoms with Gasteiger partial charge in [0.2, 0.25) is 5.96 Å². The molecule has 4 N–H and O–H groups in total. The van der Waals surface area contributed by atoms with Crippen molar-refractivity contribution in [2.45, 2.75) is 6.92 Å². The smallest absolute Gasteiger partial charge is 0.211 e. The van der Waals surface area contributed by atoms with E-state index in [1.165, 1.54) is 6.21 Å². The maximum absolute atomic E-state index is 6.28. The third-order valence-electron chi connectivity index (χ3n) is 2.41. The third-order valence-corrected chi connectivity index (χ3v) is 2.77. The first-order valence-corrected chi connectivity index (χ1v) is 5.90. The fourth-order valence-electron chi connectivity index (χ4n) is 1.55. The van der Waals surface area contributed by atoms with Crippen molar-refractivity contribution in [1.29, 1.82) is 0 Å². The molecule has 1 aromatic heterocycles. The molecule has 0 amide bonds. The number of nitrogens with zero attached hydrogens (tertiary/aromatic N) is 4. The van der Waals surface area contributed by atoms with Crippen molar-refractivity contribution >= 4 is 23.8 Å². The third kappa shape index (κ3) is 2.92. The summed E-state index contributed by atoms with van der Waals surface area (Å²) in [7, 11) is 0. The Labute approximate surface area is 115 Å². The van der Waals surface area contributed by atoms with E-state index in [1.807, 2.05) is 37.3 Å². The van der Waals surface area contributed by atoms with E-state index in [0.717, 1.165) is 11.4 Å². The van der Waals surface area contributed by atoms with Crippen molar-refractivity contribution in [3.05, 3.63) is 46.7 Å². The molecule has 0 spiro atoms. The van der Waals surface area contributed by atoms with E-state index in [2.05, 4.69) is 15.3 Å². The molecule has 0 aliphatic heterocycles. The summed E-state index contributed by atoms with van der Waals surface area (Å²) >= 11 is 6.28. The van der Waals surface area contributed by atoms with Crippen LogP contribution in [-0.2, 0) is 0 Å². The Morgan fingerprint density at radius 3 is 2.63 bits per heavy atom. The number of halogens is 1. The topological polar surface area (TPSA) is 94.6 Å². The molecular weight excluding hydrogens is 264 g/mol. The van der Waals surface area contributed by atoms with Gasteiger partial charge in [0.15, 0.2) is 0 Å². The van der Waals surface area contributed by atoms with Crippen molar-refractivity contribution in [3.63, 3.8) is 0 Å². The molecule has 0 aliphatic carbocycles. The molecule has 98 valence electrons. The molecule has 0 atom stereocenters. The van der Waals surface area contributed by atoms with Crippen LogP contribution in [0.4, 0.5) is 0 Å². The van der Waals surface area contributed by atoms with E-state index in [1.54, 1.807) is 4.68 Å². The lowest BCUT2D eigenvalue weighted by atomic mass is 10.3. The SMILES string of the molecule is Cc1nn(-c2ccccc2)c(Cl)c1/C=N/N=C(N)N. The number of benzene rings is 1. The molecule has 6 nitrogen and oxygen atoms in total. The highest BCUT2D eigenvalue weighted by atomic mass is 35.5. The molecule has 0 fully saturated rings. The molecule has 0 saturated carbocycles. The minimum atomic E-state index is -0.111. The molecule has 2 rings (SSSR count). The summed E-state index contributed by atoms with van der Waals surface area (Å²) < 4.78 is 1.63. The largest absolute Gasteiger partial charge is 0.369 e. The van der Waals surface area contributed by atoms with Crippen LogP contribution in [0.25, 0.3) is 5.69 Å². The summed E-state index contributed by atoms with van der Waals surface area (Å²) in [6.45, 7) is 1.84. The van der Waals surface area contributed by atoms with Gasteiger partial charge < -0.3 is 11.5 Å². The van der Waals surface area contributed by atoms with Crippen molar-refractivity contribution in [2.24, 2.45) is 21.7 Å². The predicted molar refractivity (Wildman–Crippen MR) is 76.7 cm³/mol. The average molecular weight is 277 g/mol. The number of guanidine groups is 1. The molecule has 1 aromatic carbocycles. The first-order chi connectivity index (χ1) is 9.09. The Morgan fingerprint density at radius 2 is 2.00 bits per heavy atom. The van der Waals surface area contributed by atoms with Gasteiger partial charge in [-0.3, -0.25) is 0 Å². The van der Waals surface area contributed by atoms with E-state index in [4.69, 9.17) is 23.1 Å². The maximum atomic E-state index is 6.28. The molecule has 19 heavy (non-hydrogen) atoms. The second-order valence-electron chi connectivity index (χ2n) is 3.81. The quantitative estimate of drug-likeness (QED) is 0.504. The van der Waals surface area contributed by atoms with Gasteiger partial charge in [0, 0.05) is 0 Å². The fraction of sp³-hybridized carbons (Fsp3) is 0.0833. The first-order valence-electron chi connectivity index (χ1n) is 5.52. The number of hydrogen-bond acceptors (Lipinski definition) is 3. The van der Waals surface area contributed by atoms with E-state index in [0.29, 0.717) is 10.7 Å². The molecule has 7 heteroatoms. The number of para-hydroxylation sites is 1. The van der Waals surface area contributed by atoms with Crippen LogP contribution in [0.1, 0.15) is 11.3 Å². The number of rotatable bonds is 3. The number of nitrogens with two attached hydrogens (primary N) is 2. The van der Waals surface area contributed by atoms with Crippen LogP contribution in [0, 0.1) is 6.92 Å². The second-order valence-corrected chi connectivity index (χ2v) is 4.16. The summed E-state index contributed by atoms with van der Waals surface area (Å²) in [4.78, 5) is 0. The van der Waals surface area contributed by atoms with Crippen LogP contribution in [0.2, 0.25) is 5.15 Å². The van der Waals surface area contributed by atoms with Crippen molar-refractivity contribution in [2.75, 3.05) is 0 Å². The minimum absolute atomic E-state index is 0.111. The van der Waals surface area contributed by atoms with Crippen LogP contribution in [0.5, 0.6) is 0 Å². The van der Waals surface area contributed by atoms with Crippen LogP contribution >= 0.6 is 11.6 Å². The van der Waals surface area contributed by atoms with Gasteiger partial charge in [0.25, 0.3) is 0 Å². The Hall–Kier alpha value is -2.34. The van der Waals surface area contributed by atoms with Gasteiger partial charge >= 0.3 is 0 Å². The molecule has 0 aliphatic rings. The fourth-order valence-corrected chi connectivity index (χ4v) is 1.87. The Kier molecular flexibility index (Phi) is 3.82. The molecule has 0 unspecified atom stereocenters. The zero-order chi connectivity index (χ0) is 13.8. The van der Waals surface area contributed by atoms with Gasteiger partial charge in [-0.05, 0) is 19.1 Å². The highest BCUT2D eigenvalue weighted by molar-refractivity contribution is 6.32. The zero-order valence-electron chi connectivity index (χ0n) is 10.3. The molecule has 0 saturated heterocycles. The molecule has 2 aromatic rings. The lowest BCUT2D eigenvalue weighted by Gasteiger charge is -2.01. The van der Waals surface area contributed by atoms with Crippen molar-refractivity contribution in [3.8, 4) is 5.69 Å². The molecule has 0 bridgehead atoms. The Bertz CT molecular complexity index is 625. The van der Waals surface area contributed by atoms with Gasteiger partial charge in [-0.15, -0.1) is 5.10 Å². The number of aryl methyl sites for hydroxylation is 1. The summed E-state index contributed by atoms with van der Waals surface area (Å²) in [5.41, 5.74) is 12.7. The second kappa shape index (κ2) is 5.53. The van der Waals surface area contributed by atoms with E-state index < -0.39 is 0 Å². The number of hydrogen-bond donors (Lipinski definition) is 2. The number of aromatic nitrogens is 2. The van der Waals surface area contributed by atoms with Gasteiger partial charge in [0.1, 0.15) is 5.15 Å². The monoisotopic (exact) mass is 276 g/mol. The average Bonchev–Trinajstić information content (AvgIpc) is 2.67. The van der Waals surface area contributed by atoms with Crippen LogP contribution in [0.3, 0.4) is 0 Å². The Morgan fingerprint density at radius 1 is 1.32 bits per heavy atom. The molecule has 0 radical (unpaired) electrons.